The number of hydrogen-bond donors (Lipinski definition) is 2. The molecular formula is C22H25BrN4O4S. The summed E-state index contributed by atoms with van der Waals surface area (Å²) in [5.74, 6) is -0.0740. The van der Waals surface area contributed by atoms with Crippen molar-refractivity contribution in [2.45, 2.75) is 31.8 Å². The first-order valence-electron chi connectivity index (χ1n) is 10.3. The number of carbonyl (C=O) groups excluding carboxylic acids is 1. The molecule has 1 unspecified atom stereocenters. The van der Waals surface area contributed by atoms with E-state index >= 15 is 0 Å². The molecule has 1 saturated carbocycles. The highest BCUT2D eigenvalue weighted by molar-refractivity contribution is 9.10. The van der Waals surface area contributed by atoms with Crippen molar-refractivity contribution >= 4 is 48.5 Å². The molecule has 0 aliphatic heterocycles. The molecule has 1 fully saturated rings. The molecule has 0 radical (unpaired) electrons. The van der Waals surface area contributed by atoms with Crippen molar-refractivity contribution in [2.24, 2.45) is 0 Å². The molecule has 0 saturated heterocycles. The van der Waals surface area contributed by atoms with Crippen LogP contribution in [-0.2, 0) is 10.0 Å². The first-order valence-corrected chi connectivity index (χ1v) is 12.9. The molecule has 0 bridgehead atoms. The molecule has 1 heterocycles. The number of nitrogens with one attached hydrogen (secondary N) is 1. The molecule has 1 amide bonds. The van der Waals surface area contributed by atoms with E-state index in [0.717, 1.165) is 29.1 Å². The van der Waals surface area contributed by atoms with Gasteiger partial charge in [0, 0.05) is 16.9 Å². The molecule has 8 nitrogen and oxygen atoms in total. The van der Waals surface area contributed by atoms with Gasteiger partial charge in [-0.3, -0.25) is 9.10 Å². The number of nitrogens with zero attached hydrogens (tertiary/aromatic N) is 3. The summed E-state index contributed by atoms with van der Waals surface area (Å²) >= 11 is 3.42. The normalized spacial score (nSPS) is 15.0. The molecule has 170 valence electrons. The van der Waals surface area contributed by atoms with E-state index in [2.05, 4.69) is 26.3 Å². The van der Waals surface area contributed by atoms with Crippen LogP contribution in [0.25, 0.3) is 16.6 Å². The first-order chi connectivity index (χ1) is 15.1. The van der Waals surface area contributed by atoms with Crippen molar-refractivity contribution < 1.29 is 18.3 Å². The summed E-state index contributed by atoms with van der Waals surface area (Å²) in [5, 5.41) is 18.0. The van der Waals surface area contributed by atoms with Crippen LogP contribution in [-0.4, -0.2) is 55.2 Å². The van der Waals surface area contributed by atoms with Gasteiger partial charge in [0.2, 0.25) is 10.0 Å². The van der Waals surface area contributed by atoms with Crippen LogP contribution in [0.4, 0.5) is 5.69 Å². The van der Waals surface area contributed by atoms with Gasteiger partial charge in [0.05, 0.1) is 35.8 Å². The third kappa shape index (κ3) is 4.39. The lowest BCUT2D eigenvalue weighted by Gasteiger charge is -2.26. The number of carbonyl (C=O) groups is 1. The number of halogens is 1. The zero-order valence-electron chi connectivity index (χ0n) is 18.0. The minimum absolute atomic E-state index is 0.0558. The van der Waals surface area contributed by atoms with Gasteiger partial charge >= 0.3 is 0 Å². The number of aliphatic hydroxyl groups is 1. The van der Waals surface area contributed by atoms with Crippen LogP contribution in [0, 0.1) is 0 Å². The molecular weight excluding hydrogens is 496 g/mol. The molecule has 10 heteroatoms. The van der Waals surface area contributed by atoms with Gasteiger partial charge < -0.3 is 10.4 Å². The fourth-order valence-electron chi connectivity index (χ4n) is 3.83. The van der Waals surface area contributed by atoms with Gasteiger partial charge in [0.25, 0.3) is 5.91 Å². The topological polar surface area (TPSA) is 105 Å². The first kappa shape index (κ1) is 22.8. The van der Waals surface area contributed by atoms with Crippen LogP contribution >= 0.6 is 15.9 Å². The van der Waals surface area contributed by atoms with Crippen molar-refractivity contribution in [3.05, 3.63) is 52.1 Å². The molecule has 32 heavy (non-hydrogen) atoms. The maximum Gasteiger partial charge on any atom is 0.270 e. The van der Waals surface area contributed by atoms with Crippen LogP contribution < -0.4 is 9.62 Å². The fraction of sp³-hybridized carbons (Fsp3) is 0.364. The van der Waals surface area contributed by atoms with Gasteiger partial charge in [-0.05, 0) is 67.6 Å². The summed E-state index contributed by atoms with van der Waals surface area (Å²) in [7, 11) is -2.07. The Hall–Kier alpha value is -2.43. The van der Waals surface area contributed by atoms with Gasteiger partial charge in [-0.2, -0.15) is 5.10 Å². The van der Waals surface area contributed by atoms with Crippen molar-refractivity contribution in [2.75, 3.05) is 24.2 Å². The monoisotopic (exact) mass is 520 g/mol. The number of sulfonamides is 1. The van der Waals surface area contributed by atoms with E-state index in [1.54, 1.807) is 24.7 Å². The Balaban J connectivity index is 1.99. The Kier molecular flexibility index (Phi) is 6.04. The van der Waals surface area contributed by atoms with Crippen LogP contribution in [0.15, 0.2) is 40.9 Å². The molecule has 0 spiro atoms. The highest BCUT2D eigenvalue weighted by Gasteiger charge is 2.33. The third-order valence-electron chi connectivity index (χ3n) is 5.45. The average Bonchev–Trinajstić information content (AvgIpc) is 3.51. The van der Waals surface area contributed by atoms with E-state index < -0.39 is 16.1 Å². The van der Waals surface area contributed by atoms with Gasteiger partial charge in [0.15, 0.2) is 0 Å². The molecule has 4 rings (SSSR count). The number of benzene rings is 2. The molecule has 1 aromatic heterocycles. The standard InChI is InChI=1S/C22H25BrN4O4S/c1-13(28)12-26(32(3,30)31)20-11-19-18(10-17(20)14-4-5-14)21(22(29)24-2)27(25-19)16-8-6-15(23)7-9-16/h6-11,13-14,28H,4-5,12H2,1-3H3,(H,24,29). The number of hydrogen-bond acceptors (Lipinski definition) is 5. The van der Waals surface area contributed by atoms with E-state index in [1.807, 2.05) is 30.3 Å². The number of aromatic nitrogens is 2. The largest absolute Gasteiger partial charge is 0.392 e. The highest BCUT2D eigenvalue weighted by Crippen LogP contribution is 2.46. The fourth-order valence-corrected chi connectivity index (χ4v) is 5.10. The summed E-state index contributed by atoms with van der Waals surface area (Å²) in [4.78, 5) is 12.8. The highest BCUT2D eigenvalue weighted by atomic mass is 79.9. The van der Waals surface area contributed by atoms with E-state index in [0.29, 0.717) is 28.0 Å². The molecule has 1 atom stereocenters. The SMILES string of the molecule is CNC(=O)c1c2cc(C3CC3)c(N(CC(C)O)S(C)(=O)=O)cc2nn1-c1ccc(Br)cc1. The molecule has 1 aliphatic rings. The molecule has 1 aliphatic carbocycles. The summed E-state index contributed by atoms with van der Waals surface area (Å²) in [5.41, 5.74) is 2.96. The lowest BCUT2D eigenvalue weighted by Crippen LogP contribution is -2.36. The van der Waals surface area contributed by atoms with Gasteiger partial charge in [-0.1, -0.05) is 15.9 Å². The third-order valence-corrected chi connectivity index (χ3v) is 7.12. The predicted octanol–water partition coefficient (Wildman–Crippen LogP) is 3.17. The second-order valence-electron chi connectivity index (χ2n) is 8.16. The maximum atomic E-state index is 12.8. The van der Waals surface area contributed by atoms with Crippen LogP contribution in [0.5, 0.6) is 0 Å². The lowest BCUT2D eigenvalue weighted by atomic mass is 10.0. The summed E-state index contributed by atoms with van der Waals surface area (Å²) < 4.78 is 28.9. The predicted molar refractivity (Wildman–Crippen MR) is 128 cm³/mol. The Morgan fingerprint density at radius 2 is 1.97 bits per heavy atom. The van der Waals surface area contributed by atoms with Gasteiger partial charge in [-0.25, -0.2) is 13.1 Å². The van der Waals surface area contributed by atoms with E-state index in [4.69, 9.17) is 0 Å². The minimum atomic E-state index is -3.64. The smallest absolute Gasteiger partial charge is 0.270 e. The van der Waals surface area contributed by atoms with Gasteiger partial charge in [-0.15, -0.1) is 0 Å². The van der Waals surface area contributed by atoms with E-state index in [-0.39, 0.29) is 18.4 Å². The number of fused-ring (bicyclic) bond motifs is 1. The Labute approximate surface area is 195 Å². The number of anilines is 1. The van der Waals surface area contributed by atoms with Gasteiger partial charge in [0.1, 0.15) is 5.69 Å². The summed E-state index contributed by atoms with van der Waals surface area (Å²) in [6.45, 7) is 1.50. The number of amides is 1. The second kappa shape index (κ2) is 8.49. The average molecular weight is 521 g/mol. The van der Waals surface area contributed by atoms with Crippen molar-refractivity contribution in [3.8, 4) is 5.69 Å². The maximum absolute atomic E-state index is 12.8. The number of rotatable bonds is 7. The molecule has 3 aromatic rings. The van der Waals surface area contributed by atoms with Crippen molar-refractivity contribution in [1.82, 2.24) is 15.1 Å². The van der Waals surface area contributed by atoms with Crippen molar-refractivity contribution in [3.63, 3.8) is 0 Å². The van der Waals surface area contributed by atoms with E-state index in [9.17, 15) is 18.3 Å². The van der Waals surface area contributed by atoms with Crippen LogP contribution in [0.2, 0.25) is 0 Å². The van der Waals surface area contributed by atoms with E-state index in [1.165, 1.54) is 4.31 Å². The molecule has 2 N–H and O–H groups in total. The quantitative estimate of drug-likeness (QED) is 0.497. The second-order valence-corrected chi connectivity index (χ2v) is 11.0. The lowest BCUT2D eigenvalue weighted by molar-refractivity contribution is 0.0957. The Morgan fingerprint density at radius 3 is 2.50 bits per heavy atom. The Morgan fingerprint density at radius 1 is 1.31 bits per heavy atom. The summed E-state index contributed by atoms with van der Waals surface area (Å²) in [6.07, 6.45) is 2.18. The van der Waals surface area contributed by atoms with Crippen molar-refractivity contribution in [1.29, 1.82) is 0 Å². The zero-order chi connectivity index (χ0) is 23.2. The van der Waals surface area contributed by atoms with Crippen LogP contribution in [0.3, 0.4) is 0 Å². The Bertz CT molecular complexity index is 1280. The number of aliphatic hydroxyl groups excluding tert-OH is 1. The zero-order valence-corrected chi connectivity index (χ0v) is 20.4. The minimum Gasteiger partial charge on any atom is -0.392 e. The summed E-state index contributed by atoms with van der Waals surface area (Å²) in [6, 6.07) is 11.0. The van der Waals surface area contributed by atoms with Crippen LogP contribution in [0.1, 0.15) is 41.7 Å². The molecule has 2 aromatic carbocycles.